The molecule has 6 nitrogen and oxygen atoms in total. The van der Waals surface area contributed by atoms with E-state index in [1.165, 1.54) is 11.8 Å². The van der Waals surface area contributed by atoms with Crippen molar-refractivity contribution in [2.45, 2.75) is 25.7 Å². The Balaban J connectivity index is 1.68. The fourth-order valence-corrected chi connectivity index (χ4v) is 3.70. The van der Waals surface area contributed by atoms with E-state index in [4.69, 9.17) is 4.42 Å². The predicted molar refractivity (Wildman–Crippen MR) is 104 cm³/mol. The lowest BCUT2D eigenvalue weighted by atomic mass is 9.92. The summed E-state index contributed by atoms with van der Waals surface area (Å²) in [5, 5.41) is 15.5. The lowest BCUT2D eigenvalue weighted by Crippen LogP contribution is -2.31. The molecule has 3 rings (SSSR count). The summed E-state index contributed by atoms with van der Waals surface area (Å²) in [6.45, 7) is 2.07. The number of furan rings is 1. The molecule has 1 aliphatic rings. The molecule has 0 radical (unpaired) electrons. The third kappa shape index (κ3) is 4.60. The smallest absolute Gasteiger partial charge is 0.234 e. The van der Waals surface area contributed by atoms with Crippen molar-refractivity contribution in [3.8, 4) is 6.07 Å². The van der Waals surface area contributed by atoms with E-state index < -0.39 is 5.92 Å². The van der Waals surface area contributed by atoms with Gasteiger partial charge in [-0.15, -0.1) is 0 Å². The quantitative estimate of drug-likeness (QED) is 0.798. The number of hydrogen-bond donors (Lipinski definition) is 2. The van der Waals surface area contributed by atoms with E-state index in [1.807, 2.05) is 24.3 Å². The Kier molecular flexibility index (Phi) is 5.99. The molecule has 7 heteroatoms. The van der Waals surface area contributed by atoms with Gasteiger partial charge in [-0.1, -0.05) is 30.8 Å². The number of allylic oxidation sites excluding steroid dienone is 1. The molecular formula is C20H19N3O3S. The lowest BCUT2D eigenvalue weighted by Gasteiger charge is -2.23. The first-order valence-electron chi connectivity index (χ1n) is 8.59. The third-order valence-electron chi connectivity index (χ3n) is 4.24. The normalized spacial score (nSPS) is 16.6. The summed E-state index contributed by atoms with van der Waals surface area (Å²) >= 11 is 1.14. The van der Waals surface area contributed by atoms with Gasteiger partial charge in [-0.05, 0) is 36.2 Å². The molecule has 2 N–H and O–H groups in total. The van der Waals surface area contributed by atoms with Crippen LogP contribution >= 0.6 is 11.8 Å². The van der Waals surface area contributed by atoms with Crippen molar-refractivity contribution < 1.29 is 14.0 Å². The summed E-state index contributed by atoms with van der Waals surface area (Å²) in [5.74, 6) is -0.177. The molecule has 1 aromatic heterocycles. The minimum Gasteiger partial charge on any atom is -0.469 e. The van der Waals surface area contributed by atoms with Crippen LogP contribution in [0, 0.1) is 11.3 Å². The average molecular weight is 381 g/mol. The van der Waals surface area contributed by atoms with Crippen LogP contribution in [0.1, 0.15) is 30.6 Å². The summed E-state index contributed by atoms with van der Waals surface area (Å²) < 4.78 is 5.37. The van der Waals surface area contributed by atoms with Crippen LogP contribution in [0.2, 0.25) is 0 Å². The van der Waals surface area contributed by atoms with Gasteiger partial charge in [-0.25, -0.2) is 0 Å². The molecule has 2 aromatic rings. The Morgan fingerprint density at radius 2 is 2.15 bits per heavy atom. The van der Waals surface area contributed by atoms with Gasteiger partial charge >= 0.3 is 0 Å². The van der Waals surface area contributed by atoms with Crippen LogP contribution in [-0.2, 0) is 16.0 Å². The van der Waals surface area contributed by atoms with Crippen molar-refractivity contribution >= 4 is 29.3 Å². The number of carbonyl (C=O) groups is 2. The molecule has 2 heterocycles. The highest BCUT2D eigenvalue weighted by atomic mass is 32.2. The summed E-state index contributed by atoms with van der Waals surface area (Å²) in [6, 6.07) is 13.3. The number of thioether (sulfide) groups is 1. The third-order valence-corrected chi connectivity index (χ3v) is 5.25. The van der Waals surface area contributed by atoms with Crippen molar-refractivity contribution in [2.75, 3.05) is 11.1 Å². The minimum absolute atomic E-state index is 0.0845. The molecule has 0 saturated heterocycles. The van der Waals surface area contributed by atoms with Crippen molar-refractivity contribution in [2.24, 2.45) is 0 Å². The molecule has 27 heavy (non-hydrogen) atoms. The average Bonchev–Trinajstić information content (AvgIpc) is 3.21. The summed E-state index contributed by atoms with van der Waals surface area (Å²) in [7, 11) is 0. The maximum absolute atomic E-state index is 12.2. The number of nitrogens with one attached hydrogen (secondary N) is 2. The number of amides is 2. The van der Waals surface area contributed by atoms with E-state index in [0.717, 1.165) is 18.2 Å². The number of anilines is 1. The molecule has 0 bridgehead atoms. The maximum atomic E-state index is 12.2. The maximum Gasteiger partial charge on any atom is 0.234 e. The van der Waals surface area contributed by atoms with Gasteiger partial charge in [-0.2, -0.15) is 5.26 Å². The van der Waals surface area contributed by atoms with E-state index >= 15 is 0 Å². The van der Waals surface area contributed by atoms with Crippen LogP contribution in [0.4, 0.5) is 5.69 Å². The largest absolute Gasteiger partial charge is 0.469 e. The molecule has 0 unspecified atom stereocenters. The number of benzene rings is 1. The molecule has 1 aliphatic heterocycles. The number of carbonyl (C=O) groups excluding carboxylic acids is 2. The molecule has 2 amide bonds. The minimum atomic E-state index is -0.425. The van der Waals surface area contributed by atoms with Crippen molar-refractivity contribution in [1.82, 2.24) is 5.32 Å². The molecule has 138 valence electrons. The highest BCUT2D eigenvalue weighted by Gasteiger charge is 2.31. The topological polar surface area (TPSA) is 95.1 Å². The van der Waals surface area contributed by atoms with Gasteiger partial charge in [0.25, 0.3) is 0 Å². The van der Waals surface area contributed by atoms with Gasteiger partial charge in [-0.3, -0.25) is 9.59 Å². The van der Waals surface area contributed by atoms with Gasteiger partial charge in [0.2, 0.25) is 11.8 Å². The highest BCUT2D eigenvalue weighted by Crippen LogP contribution is 2.36. The van der Waals surface area contributed by atoms with Crippen LogP contribution in [0.3, 0.4) is 0 Å². The molecule has 0 fully saturated rings. The molecule has 1 atom stereocenters. The molecular weight excluding hydrogens is 362 g/mol. The van der Waals surface area contributed by atoms with Gasteiger partial charge in [0, 0.05) is 12.1 Å². The molecule has 1 aromatic carbocycles. The standard InChI is InChI=1S/C20H19N3O3S/c1-2-13-5-7-14(8-6-13)22-19(25)12-27-20-16(11-21)15(10-18(24)23-20)17-4-3-9-26-17/h3-9,15H,2,10,12H2,1H3,(H,22,25)(H,23,24)/t15-/m0/s1. The van der Waals surface area contributed by atoms with E-state index in [2.05, 4.69) is 23.6 Å². The number of aryl methyl sites for hydroxylation is 1. The van der Waals surface area contributed by atoms with E-state index in [9.17, 15) is 14.9 Å². The lowest BCUT2D eigenvalue weighted by molar-refractivity contribution is -0.121. The van der Waals surface area contributed by atoms with Gasteiger partial charge in [0.1, 0.15) is 5.76 Å². The van der Waals surface area contributed by atoms with Crippen LogP contribution in [0.15, 0.2) is 57.7 Å². The fraction of sp³-hybridized carbons (Fsp3) is 0.250. The van der Waals surface area contributed by atoms with E-state index in [-0.39, 0.29) is 24.0 Å². The molecule has 0 saturated carbocycles. The summed E-state index contributed by atoms with van der Waals surface area (Å²) in [6.07, 6.45) is 2.60. The van der Waals surface area contributed by atoms with Crippen LogP contribution in [0.25, 0.3) is 0 Å². The number of rotatable bonds is 6. The van der Waals surface area contributed by atoms with Gasteiger partial charge in [0.15, 0.2) is 0 Å². The van der Waals surface area contributed by atoms with Crippen LogP contribution in [0.5, 0.6) is 0 Å². The van der Waals surface area contributed by atoms with Crippen molar-refractivity contribution in [1.29, 1.82) is 5.26 Å². The second kappa shape index (κ2) is 8.60. The number of nitriles is 1. The molecule has 0 spiro atoms. The Labute approximate surface area is 161 Å². The van der Waals surface area contributed by atoms with Crippen LogP contribution < -0.4 is 10.6 Å². The zero-order valence-electron chi connectivity index (χ0n) is 14.8. The predicted octanol–water partition coefficient (Wildman–Crippen LogP) is 3.55. The Morgan fingerprint density at radius 3 is 2.78 bits per heavy atom. The van der Waals surface area contributed by atoms with E-state index in [0.29, 0.717) is 22.0 Å². The summed E-state index contributed by atoms with van der Waals surface area (Å²) in [5.41, 5.74) is 2.32. The second-order valence-corrected chi connectivity index (χ2v) is 7.05. The Morgan fingerprint density at radius 1 is 1.37 bits per heavy atom. The molecule has 0 aliphatic carbocycles. The van der Waals surface area contributed by atoms with Gasteiger partial charge in [0.05, 0.1) is 34.6 Å². The SMILES string of the molecule is CCc1ccc(NC(=O)CSC2=C(C#N)[C@@H](c3ccco3)CC(=O)N2)cc1. The monoisotopic (exact) mass is 381 g/mol. The number of hydrogen-bond acceptors (Lipinski definition) is 5. The van der Waals surface area contributed by atoms with Crippen molar-refractivity contribution in [3.05, 3.63) is 64.6 Å². The first kappa shape index (κ1) is 18.8. The zero-order chi connectivity index (χ0) is 19.2. The second-order valence-electron chi connectivity index (χ2n) is 6.06. The first-order valence-corrected chi connectivity index (χ1v) is 9.58. The van der Waals surface area contributed by atoms with Crippen molar-refractivity contribution in [3.63, 3.8) is 0 Å². The fourth-order valence-electron chi connectivity index (χ4n) is 2.82. The first-order chi connectivity index (χ1) is 13.1. The highest BCUT2D eigenvalue weighted by molar-refractivity contribution is 8.03. The Bertz CT molecular complexity index is 896. The van der Waals surface area contributed by atoms with Crippen LogP contribution in [-0.4, -0.2) is 17.6 Å². The summed E-state index contributed by atoms with van der Waals surface area (Å²) in [4.78, 5) is 24.3. The Hall–Kier alpha value is -2.98. The van der Waals surface area contributed by atoms with Gasteiger partial charge < -0.3 is 15.1 Å². The number of nitrogens with zero attached hydrogens (tertiary/aromatic N) is 1. The zero-order valence-corrected chi connectivity index (χ0v) is 15.6. The van der Waals surface area contributed by atoms with E-state index in [1.54, 1.807) is 12.1 Å².